The number of hydrogen-bond acceptors (Lipinski definition) is 2. The van der Waals surface area contributed by atoms with Crippen molar-refractivity contribution in [3.8, 4) is 0 Å². The molecule has 1 saturated carbocycles. The van der Waals surface area contributed by atoms with Gasteiger partial charge in [0.2, 0.25) is 5.91 Å². The molecule has 0 saturated heterocycles. The number of carbonyl (C=O) groups is 1. The SMILES string of the molecule is CCN(C(=O)CCC(C)(C)CCN)C1CCCC1. The first-order valence-corrected chi connectivity index (χ1v) is 7.49. The van der Waals surface area contributed by atoms with E-state index in [-0.39, 0.29) is 5.41 Å². The van der Waals surface area contributed by atoms with Gasteiger partial charge in [-0.05, 0) is 44.6 Å². The zero-order chi connectivity index (χ0) is 13.6. The van der Waals surface area contributed by atoms with E-state index in [1.54, 1.807) is 0 Å². The summed E-state index contributed by atoms with van der Waals surface area (Å²) in [5.41, 5.74) is 5.81. The molecule has 3 nitrogen and oxygen atoms in total. The van der Waals surface area contributed by atoms with Gasteiger partial charge in [0.1, 0.15) is 0 Å². The first-order chi connectivity index (χ1) is 8.50. The van der Waals surface area contributed by atoms with Crippen LogP contribution in [-0.2, 0) is 4.79 Å². The second-order valence-electron chi connectivity index (χ2n) is 6.32. The van der Waals surface area contributed by atoms with Gasteiger partial charge in [-0.25, -0.2) is 0 Å². The summed E-state index contributed by atoms with van der Waals surface area (Å²) in [6.07, 6.45) is 7.59. The van der Waals surface area contributed by atoms with Crippen molar-refractivity contribution >= 4 is 5.91 Å². The summed E-state index contributed by atoms with van der Waals surface area (Å²) in [5, 5.41) is 0. The number of amides is 1. The van der Waals surface area contributed by atoms with Crippen molar-refractivity contribution in [3.05, 3.63) is 0 Å². The van der Waals surface area contributed by atoms with Gasteiger partial charge in [-0.3, -0.25) is 4.79 Å². The molecule has 0 heterocycles. The first-order valence-electron chi connectivity index (χ1n) is 7.49. The van der Waals surface area contributed by atoms with Gasteiger partial charge in [-0.15, -0.1) is 0 Å². The van der Waals surface area contributed by atoms with Crippen LogP contribution in [0, 0.1) is 5.41 Å². The van der Waals surface area contributed by atoms with Crippen molar-refractivity contribution < 1.29 is 4.79 Å². The van der Waals surface area contributed by atoms with Crippen LogP contribution in [-0.4, -0.2) is 29.9 Å². The van der Waals surface area contributed by atoms with Gasteiger partial charge >= 0.3 is 0 Å². The highest BCUT2D eigenvalue weighted by molar-refractivity contribution is 5.76. The lowest BCUT2D eigenvalue weighted by atomic mass is 9.84. The molecular formula is C15H30N2O. The van der Waals surface area contributed by atoms with Gasteiger partial charge in [-0.2, -0.15) is 0 Å². The zero-order valence-electron chi connectivity index (χ0n) is 12.4. The molecule has 1 rings (SSSR count). The van der Waals surface area contributed by atoms with Crippen LogP contribution in [0.2, 0.25) is 0 Å². The van der Waals surface area contributed by atoms with Crippen LogP contribution >= 0.6 is 0 Å². The van der Waals surface area contributed by atoms with Gasteiger partial charge in [0.15, 0.2) is 0 Å². The summed E-state index contributed by atoms with van der Waals surface area (Å²) in [6, 6.07) is 0.514. The number of nitrogens with two attached hydrogens (primary N) is 1. The van der Waals surface area contributed by atoms with Crippen LogP contribution in [0.4, 0.5) is 0 Å². The summed E-state index contributed by atoms with van der Waals surface area (Å²) < 4.78 is 0. The number of carbonyl (C=O) groups excluding carboxylic acids is 1. The van der Waals surface area contributed by atoms with Crippen LogP contribution in [0.5, 0.6) is 0 Å². The summed E-state index contributed by atoms with van der Waals surface area (Å²) in [5.74, 6) is 0.342. The molecule has 18 heavy (non-hydrogen) atoms. The van der Waals surface area contributed by atoms with Gasteiger partial charge in [0.05, 0.1) is 0 Å². The van der Waals surface area contributed by atoms with E-state index in [9.17, 15) is 4.79 Å². The maximum Gasteiger partial charge on any atom is 0.222 e. The normalized spacial score (nSPS) is 17.1. The summed E-state index contributed by atoms with van der Waals surface area (Å²) >= 11 is 0. The molecule has 106 valence electrons. The van der Waals surface area contributed by atoms with Crippen molar-refractivity contribution in [3.63, 3.8) is 0 Å². The third-order valence-corrected chi connectivity index (χ3v) is 4.26. The third kappa shape index (κ3) is 4.60. The fraction of sp³-hybridized carbons (Fsp3) is 0.933. The third-order valence-electron chi connectivity index (χ3n) is 4.26. The van der Waals surface area contributed by atoms with Crippen LogP contribution in [0.15, 0.2) is 0 Å². The Bertz CT molecular complexity index is 257. The molecule has 1 aliphatic carbocycles. The van der Waals surface area contributed by atoms with E-state index in [1.165, 1.54) is 25.7 Å². The molecule has 3 heteroatoms. The van der Waals surface area contributed by atoms with E-state index in [0.29, 0.717) is 24.9 Å². The Morgan fingerprint density at radius 2 is 1.89 bits per heavy atom. The highest BCUT2D eigenvalue weighted by Crippen LogP contribution is 2.28. The van der Waals surface area contributed by atoms with Crippen LogP contribution in [0.25, 0.3) is 0 Å². The van der Waals surface area contributed by atoms with E-state index in [4.69, 9.17) is 5.73 Å². The molecular weight excluding hydrogens is 224 g/mol. The predicted octanol–water partition coefficient (Wildman–Crippen LogP) is 2.93. The number of nitrogens with zero attached hydrogens (tertiary/aromatic N) is 1. The maximum atomic E-state index is 12.3. The molecule has 1 amide bonds. The second kappa shape index (κ2) is 7.13. The fourth-order valence-corrected chi connectivity index (χ4v) is 2.96. The van der Waals surface area contributed by atoms with Gasteiger partial charge in [0.25, 0.3) is 0 Å². The summed E-state index contributed by atoms with van der Waals surface area (Å²) in [6.45, 7) is 8.08. The topological polar surface area (TPSA) is 46.3 Å². The minimum Gasteiger partial charge on any atom is -0.340 e. The molecule has 0 aliphatic heterocycles. The lowest BCUT2D eigenvalue weighted by Gasteiger charge is -2.30. The molecule has 0 unspecified atom stereocenters. The van der Waals surface area contributed by atoms with Gasteiger partial charge in [0, 0.05) is 19.0 Å². The Kier molecular flexibility index (Phi) is 6.13. The first kappa shape index (κ1) is 15.5. The molecule has 0 aromatic rings. The Morgan fingerprint density at radius 3 is 2.39 bits per heavy atom. The summed E-state index contributed by atoms with van der Waals surface area (Å²) in [7, 11) is 0. The highest BCUT2D eigenvalue weighted by atomic mass is 16.2. The lowest BCUT2D eigenvalue weighted by Crippen LogP contribution is -2.39. The molecule has 1 fully saturated rings. The molecule has 1 aliphatic rings. The molecule has 0 bridgehead atoms. The number of hydrogen-bond donors (Lipinski definition) is 1. The van der Waals surface area contributed by atoms with Crippen molar-refractivity contribution in [2.24, 2.45) is 11.1 Å². The number of rotatable bonds is 7. The monoisotopic (exact) mass is 254 g/mol. The Hall–Kier alpha value is -0.570. The largest absolute Gasteiger partial charge is 0.340 e. The molecule has 0 spiro atoms. The summed E-state index contributed by atoms with van der Waals surface area (Å²) in [4.78, 5) is 14.4. The zero-order valence-corrected chi connectivity index (χ0v) is 12.4. The molecule has 0 atom stereocenters. The van der Waals surface area contributed by atoms with E-state index in [1.807, 2.05) is 0 Å². The Balaban J connectivity index is 2.42. The maximum absolute atomic E-state index is 12.3. The molecule has 0 radical (unpaired) electrons. The smallest absolute Gasteiger partial charge is 0.222 e. The van der Waals surface area contributed by atoms with Crippen molar-refractivity contribution in [2.45, 2.75) is 71.8 Å². The second-order valence-corrected chi connectivity index (χ2v) is 6.32. The molecule has 0 aromatic heterocycles. The van der Waals surface area contributed by atoms with Crippen LogP contribution < -0.4 is 5.73 Å². The predicted molar refractivity (Wildman–Crippen MR) is 76.3 cm³/mol. The van der Waals surface area contributed by atoms with Gasteiger partial charge < -0.3 is 10.6 Å². The van der Waals surface area contributed by atoms with Crippen molar-refractivity contribution in [2.75, 3.05) is 13.1 Å². The molecule has 0 aromatic carbocycles. The van der Waals surface area contributed by atoms with Crippen molar-refractivity contribution in [1.29, 1.82) is 0 Å². The van der Waals surface area contributed by atoms with E-state index in [0.717, 1.165) is 19.4 Å². The van der Waals surface area contributed by atoms with Crippen LogP contribution in [0.1, 0.15) is 65.7 Å². The lowest BCUT2D eigenvalue weighted by molar-refractivity contribution is -0.133. The van der Waals surface area contributed by atoms with Gasteiger partial charge in [-0.1, -0.05) is 26.7 Å². The average Bonchev–Trinajstić information content (AvgIpc) is 2.81. The highest BCUT2D eigenvalue weighted by Gasteiger charge is 2.26. The van der Waals surface area contributed by atoms with E-state index < -0.39 is 0 Å². The fourth-order valence-electron chi connectivity index (χ4n) is 2.96. The van der Waals surface area contributed by atoms with E-state index in [2.05, 4.69) is 25.7 Å². The molecule has 2 N–H and O–H groups in total. The van der Waals surface area contributed by atoms with Crippen molar-refractivity contribution in [1.82, 2.24) is 4.90 Å². The van der Waals surface area contributed by atoms with E-state index >= 15 is 0 Å². The average molecular weight is 254 g/mol. The standard InChI is InChI=1S/C15H30N2O/c1-4-17(13-7-5-6-8-13)14(18)9-10-15(2,3)11-12-16/h13H,4-12,16H2,1-3H3. The Labute approximate surface area is 112 Å². The quantitative estimate of drug-likeness (QED) is 0.759. The minimum atomic E-state index is 0.194. The Morgan fingerprint density at radius 1 is 1.28 bits per heavy atom. The minimum absolute atomic E-state index is 0.194. The van der Waals surface area contributed by atoms with Crippen LogP contribution in [0.3, 0.4) is 0 Å².